The second-order valence-corrected chi connectivity index (χ2v) is 3.38. The maximum absolute atomic E-state index is 5.05. The lowest BCUT2D eigenvalue weighted by molar-refractivity contribution is 0.181. The van der Waals surface area contributed by atoms with Crippen molar-refractivity contribution in [3.05, 3.63) is 28.8 Å². The van der Waals surface area contributed by atoms with Crippen LogP contribution in [0.4, 0.5) is 0 Å². The highest BCUT2D eigenvalue weighted by Crippen LogP contribution is 2.09. The van der Waals surface area contributed by atoms with E-state index in [0.29, 0.717) is 22.9 Å². The van der Waals surface area contributed by atoms with Crippen LogP contribution in [0.2, 0.25) is 0 Å². The predicted molar refractivity (Wildman–Crippen MR) is 57.7 cm³/mol. The van der Waals surface area contributed by atoms with E-state index in [9.17, 15) is 0 Å². The van der Waals surface area contributed by atoms with E-state index in [-0.39, 0.29) is 0 Å². The highest BCUT2D eigenvalue weighted by molar-refractivity contribution is 7.71. The number of nitrogens with one attached hydrogen (secondary N) is 2. The van der Waals surface area contributed by atoms with E-state index >= 15 is 0 Å². The summed E-state index contributed by atoms with van der Waals surface area (Å²) in [5.74, 6) is 1.29. The molecule has 0 atom stereocenters. The van der Waals surface area contributed by atoms with Crippen LogP contribution in [0, 0.1) is 4.64 Å². The molecule has 2 rings (SSSR count). The van der Waals surface area contributed by atoms with E-state index in [1.807, 2.05) is 0 Å². The lowest BCUT2D eigenvalue weighted by Gasteiger charge is -2.02. The fourth-order valence-electron chi connectivity index (χ4n) is 1.25. The van der Waals surface area contributed by atoms with Crippen molar-refractivity contribution in [2.24, 2.45) is 0 Å². The Labute approximate surface area is 91.6 Å². The largest absolute Gasteiger partial charge is 0.378 e. The molecule has 0 aromatic carbocycles. The number of nitrogens with zero attached hydrogens (tertiary/aromatic N) is 2. The molecule has 2 N–H and O–H groups in total. The van der Waals surface area contributed by atoms with Crippen LogP contribution in [-0.2, 0) is 11.3 Å². The van der Waals surface area contributed by atoms with Crippen LogP contribution in [0.25, 0.3) is 11.6 Å². The number of methoxy groups -OCH3 is 1. The van der Waals surface area contributed by atoms with Gasteiger partial charge in [0.05, 0.1) is 6.61 Å². The molecule has 0 fully saturated rings. The summed E-state index contributed by atoms with van der Waals surface area (Å²) in [4.78, 5) is 14.3. The summed E-state index contributed by atoms with van der Waals surface area (Å²) in [7, 11) is 1.63. The first kappa shape index (κ1) is 10.0. The van der Waals surface area contributed by atoms with Crippen LogP contribution in [0.5, 0.6) is 0 Å². The second-order valence-electron chi connectivity index (χ2n) is 2.96. The molecule has 0 unspecified atom stereocenters. The van der Waals surface area contributed by atoms with Gasteiger partial charge in [-0.15, -0.1) is 0 Å². The third kappa shape index (κ3) is 2.28. The molecule has 0 amide bonds. The highest BCUT2D eigenvalue weighted by Gasteiger charge is 2.03. The average Bonchev–Trinajstić information content (AvgIpc) is 2.70. The zero-order chi connectivity index (χ0) is 10.7. The Hall–Kier alpha value is -1.53. The van der Waals surface area contributed by atoms with Crippen LogP contribution in [-0.4, -0.2) is 27.0 Å². The zero-order valence-corrected chi connectivity index (χ0v) is 8.97. The molecule has 5 nitrogen and oxygen atoms in total. The quantitative estimate of drug-likeness (QED) is 0.775. The molecule has 2 aromatic heterocycles. The van der Waals surface area contributed by atoms with E-state index in [0.717, 1.165) is 5.69 Å². The molecular weight excluding hydrogens is 212 g/mol. The summed E-state index contributed by atoms with van der Waals surface area (Å²) in [5, 5.41) is 0. The molecule has 0 aliphatic rings. The van der Waals surface area contributed by atoms with Crippen LogP contribution in [0.15, 0.2) is 18.5 Å². The Balaban J connectivity index is 2.44. The van der Waals surface area contributed by atoms with Gasteiger partial charge in [0, 0.05) is 25.2 Å². The van der Waals surface area contributed by atoms with E-state index in [4.69, 9.17) is 17.0 Å². The van der Waals surface area contributed by atoms with E-state index in [1.54, 1.807) is 25.6 Å². The second kappa shape index (κ2) is 4.33. The smallest absolute Gasteiger partial charge is 0.175 e. The first-order valence-corrected chi connectivity index (χ1v) is 4.79. The van der Waals surface area contributed by atoms with Crippen molar-refractivity contribution in [2.75, 3.05) is 7.11 Å². The van der Waals surface area contributed by atoms with Crippen molar-refractivity contribution in [3.8, 4) is 11.6 Å². The van der Waals surface area contributed by atoms with Gasteiger partial charge in [0.2, 0.25) is 0 Å². The number of aromatic amines is 2. The van der Waals surface area contributed by atoms with Gasteiger partial charge in [-0.3, -0.25) is 0 Å². The average molecular weight is 222 g/mol. The monoisotopic (exact) mass is 222 g/mol. The minimum Gasteiger partial charge on any atom is -0.378 e. The molecule has 2 aromatic rings. The van der Waals surface area contributed by atoms with Gasteiger partial charge in [-0.1, -0.05) is 12.2 Å². The molecule has 15 heavy (non-hydrogen) atoms. The van der Waals surface area contributed by atoms with E-state index < -0.39 is 0 Å². The molecule has 0 aliphatic carbocycles. The molecule has 78 valence electrons. The standard InChI is InChI=1S/C9H10N4OS/c1-14-5-6-4-7(15)13-9(12-6)8-10-2-3-11-8/h2-4H,5H2,1H3,(H,10,11)(H,12,13,15). The first-order valence-electron chi connectivity index (χ1n) is 4.38. The summed E-state index contributed by atoms with van der Waals surface area (Å²) >= 11 is 5.05. The fourth-order valence-corrected chi connectivity index (χ4v) is 1.48. The van der Waals surface area contributed by atoms with Gasteiger partial charge in [-0.25, -0.2) is 9.97 Å². The molecule has 0 saturated heterocycles. The van der Waals surface area contributed by atoms with Crippen molar-refractivity contribution in [2.45, 2.75) is 6.61 Å². The van der Waals surface area contributed by atoms with Gasteiger partial charge in [0.25, 0.3) is 0 Å². The lowest BCUT2D eigenvalue weighted by atomic mass is 10.4. The number of hydrogen-bond donors (Lipinski definition) is 2. The van der Waals surface area contributed by atoms with Gasteiger partial charge < -0.3 is 14.7 Å². The minimum absolute atomic E-state index is 0.472. The molecule has 0 radical (unpaired) electrons. The van der Waals surface area contributed by atoms with Crippen molar-refractivity contribution in [1.29, 1.82) is 0 Å². The summed E-state index contributed by atoms with van der Waals surface area (Å²) < 4.78 is 5.54. The third-order valence-electron chi connectivity index (χ3n) is 1.82. The van der Waals surface area contributed by atoms with Crippen molar-refractivity contribution in [3.63, 3.8) is 0 Å². The number of ether oxygens (including phenoxy) is 1. The normalized spacial score (nSPS) is 10.5. The van der Waals surface area contributed by atoms with Crippen molar-refractivity contribution < 1.29 is 4.74 Å². The van der Waals surface area contributed by atoms with Crippen LogP contribution in [0.1, 0.15) is 5.69 Å². The Morgan fingerprint density at radius 3 is 3.00 bits per heavy atom. The fraction of sp³-hybridized carbons (Fsp3) is 0.222. The maximum Gasteiger partial charge on any atom is 0.175 e. The SMILES string of the molecule is COCc1cc(=S)nc(-c2ncc[nH]2)[nH]1. The van der Waals surface area contributed by atoms with Gasteiger partial charge in [0.1, 0.15) is 4.64 Å². The molecule has 0 saturated carbocycles. The number of aromatic nitrogens is 4. The molecule has 0 aliphatic heterocycles. The van der Waals surface area contributed by atoms with Crippen molar-refractivity contribution in [1.82, 2.24) is 19.9 Å². The molecule has 2 heterocycles. The Bertz CT molecular complexity index is 491. The summed E-state index contributed by atoms with van der Waals surface area (Å²) in [5.41, 5.74) is 0.879. The number of H-pyrrole nitrogens is 2. The van der Waals surface area contributed by atoms with Gasteiger partial charge >= 0.3 is 0 Å². The van der Waals surface area contributed by atoms with Crippen LogP contribution in [0.3, 0.4) is 0 Å². The minimum atomic E-state index is 0.472. The highest BCUT2D eigenvalue weighted by atomic mass is 32.1. The lowest BCUT2D eigenvalue weighted by Crippen LogP contribution is -1.98. The summed E-state index contributed by atoms with van der Waals surface area (Å²) in [6.07, 6.45) is 3.40. The number of imidazole rings is 1. The third-order valence-corrected chi connectivity index (χ3v) is 2.03. The molecule has 0 bridgehead atoms. The summed E-state index contributed by atoms with van der Waals surface area (Å²) in [6.45, 7) is 0.472. The van der Waals surface area contributed by atoms with Gasteiger partial charge in [-0.05, 0) is 6.07 Å². The van der Waals surface area contributed by atoms with Crippen molar-refractivity contribution >= 4 is 12.2 Å². The number of rotatable bonds is 3. The Morgan fingerprint density at radius 1 is 1.47 bits per heavy atom. The van der Waals surface area contributed by atoms with Gasteiger partial charge in [-0.2, -0.15) is 0 Å². The molecule has 0 spiro atoms. The van der Waals surface area contributed by atoms with Gasteiger partial charge in [0.15, 0.2) is 11.6 Å². The summed E-state index contributed by atoms with van der Waals surface area (Å²) in [6, 6.07) is 1.77. The van der Waals surface area contributed by atoms with E-state index in [2.05, 4.69) is 19.9 Å². The zero-order valence-electron chi connectivity index (χ0n) is 8.15. The van der Waals surface area contributed by atoms with Crippen LogP contribution >= 0.6 is 12.2 Å². The van der Waals surface area contributed by atoms with Crippen LogP contribution < -0.4 is 0 Å². The Morgan fingerprint density at radius 2 is 2.33 bits per heavy atom. The molecular formula is C9H10N4OS. The maximum atomic E-state index is 5.05. The topological polar surface area (TPSA) is 66.6 Å². The Kier molecular flexibility index (Phi) is 2.89. The number of hydrogen-bond acceptors (Lipinski definition) is 4. The molecule has 6 heteroatoms. The predicted octanol–water partition coefficient (Wildman–Crippen LogP) is 1.68. The first-order chi connectivity index (χ1) is 7.29. The van der Waals surface area contributed by atoms with E-state index in [1.165, 1.54) is 0 Å².